The number of hydrogen-bond acceptors (Lipinski definition) is 4. The smallest absolute Gasteiger partial charge is 0.243 e. The van der Waals surface area contributed by atoms with Crippen molar-refractivity contribution in [3.05, 3.63) is 53.6 Å². The minimum atomic E-state index is -3.43. The van der Waals surface area contributed by atoms with Gasteiger partial charge in [0.15, 0.2) is 0 Å². The fraction of sp³-hybridized carbons (Fsp3) is 0.409. The predicted molar refractivity (Wildman–Crippen MR) is 117 cm³/mol. The van der Waals surface area contributed by atoms with Gasteiger partial charge in [-0.25, -0.2) is 8.42 Å². The Labute approximate surface area is 177 Å². The second-order valence-electron chi connectivity index (χ2n) is 7.66. The molecule has 2 aliphatic heterocycles. The summed E-state index contributed by atoms with van der Waals surface area (Å²) in [7, 11) is -3.43. The molecule has 0 aromatic heterocycles. The summed E-state index contributed by atoms with van der Waals surface area (Å²) in [6.45, 7) is 3.92. The lowest BCUT2D eigenvalue weighted by molar-refractivity contribution is -0.116. The maximum absolute atomic E-state index is 12.9. The molecule has 0 unspecified atom stereocenters. The molecule has 5 nitrogen and oxygen atoms in total. The lowest BCUT2D eigenvalue weighted by Crippen LogP contribution is -2.37. The number of thioether (sulfide) groups is 1. The Morgan fingerprint density at radius 1 is 1.03 bits per heavy atom. The van der Waals surface area contributed by atoms with E-state index in [1.54, 1.807) is 28.2 Å². The van der Waals surface area contributed by atoms with Crippen molar-refractivity contribution >= 4 is 33.4 Å². The van der Waals surface area contributed by atoms with Gasteiger partial charge in [-0.15, -0.1) is 11.8 Å². The molecule has 1 fully saturated rings. The summed E-state index contributed by atoms with van der Waals surface area (Å²) in [6.07, 6.45) is 3.49. The van der Waals surface area contributed by atoms with Crippen molar-refractivity contribution in [2.24, 2.45) is 0 Å². The lowest BCUT2D eigenvalue weighted by atomic mass is 10.0. The van der Waals surface area contributed by atoms with Crippen molar-refractivity contribution in [3.8, 4) is 0 Å². The Bertz CT molecular complexity index is 1010. The third kappa shape index (κ3) is 4.37. The van der Waals surface area contributed by atoms with Gasteiger partial charge in [0, 0.05) is 30.2 Å². The molecule has 2 heterocycles. The third-order valence-corrected chi connectivity index (χ3v) is 8.40. The van der Waals surface area contributed by atoms with Crippen molar-refractivity contribution < 1.29 is 13.2 Å². The molecular weight excluding hydrogens is 404 g/mol. The van der Waals surface area contributed by atoms with Crippen LogP contribution in [-0.4, -0.2) is 44.0 Å². The van der Waals surface area contributed by atoms with E-state index in [1.165, 1.54) is 5.56 Å². The number of carbonyl (C=O) groups is 1. The number of sulfonamides is 1. The van der Waals surface area contributed by atoms with Crippen molar-refractivity contribution in [3.63, 3.8) is 0 Å². The molecule has 1 saturated heterocycles. The van der Waals surface area contributed by atoms with Gasteiger partial charge in [0.25, 0.3) is 0 Å². The highest BCUT2D eigenvalue weighted by Gasteiger charge is 2.29. The Hall–Kier alpha value is -1.83. The number of aryl methyl sites for hydroxylation is 2. The first kappa shape index (κ1) is 20.4. The van der Waals surface area contributed by atoms with Crippen LogP contribution >= 0.6 is 11.8 Å². The molecule has 0 saturated carbocycles. The van der Waals surface area contributed by atoms with Gasteiger partial charge in [-0.05, 0) is 68.5 Å². The molecule has 0 aliphatic carbocycles. The van der Waals surface area contributed by atoms with E-state index in [0.29, 0.717) is 30.3 Å². The summed E-state index contributed by atoms with van der Waals surface area (Å²) in [5.41, 5.74) is 2.98. The van der Waals surface area contributed by atoms with Crippen LogP contribution in [0.4, 0.5) is 5.69 Å². The number of anilines is 1. The second kappa shape index (κ2) is 8.50. The van der Waals surface area contributed by atoms with Crippen LogP contribution in [0.5, 0.6) is 0 Å². The number of amides is 1. The predicted octanol–water partition coefficient (Wildman–Crippen LogP) is 3.85. The fourth-order valence-electron chi connectivity index (χ4n) is 4.00. The highest BCUT2D eigenvalue weighted by atomic mass is 32.2. The number of nitrogens with zero attached hydrogens (tertiary/aromatic N) is 2. The zero-order chi connectivity index (χ0) is 20.4. The number of hydrogen-bond donors (Lipinski definition) is 0. The van der Waals surface area contributed by atoms with Crippen molar-refractivity contribution in [1.82, 2.24) is 4.31 Å². The zero-order valence-electron chi connectivity index (χ0n) is 16.6. The van der Waals surface area contributed by atoms with Gasteiger partial charge in [0.2, 0.25) is 15.9 Å². The summed E-state index contributed by atoms with van der Waals surface area (Å²) in [5.74, 6) is 0.434. The van der Waals surface area contributed by atoms with Crippen LogP contribution in [0.1, 0.15) is 30.4 Å². The Morgan fingerprint density at radius 2 is 1.83 bits per heavy atom. The molecule has 0 atom stereocenters. The number of rotatable bonds is 5. The van der Waals surface area contributed by atoms with Crippen LogP contribution in [0.15, 0.2) is 52.3 Å². The van der Waals surface area contributed by atoms with Crippen LogP contribution in [0, 0.1) is 6.92 Å². The molecule has 2 aromatic rings. The van der Waals surface area contributed by atoms with E-state index in [1.807, 2.05) is 36.1 Å². The molecule has 2 aliphatic rings. The van der Waals surface area contributed by atoms with Gasteiger partial charge in [-0.3, -0.25) is 4.79 Å². The van der Waals surface area contributed by atoms with Crippen LogP contribution in [-0.2, 0) is 21.2 Å². The lowest BCUT2D eigenvalue weighted by Gasteiger charge is -2.30. The average Bonchev–Trinajstić information content (AvgIpc) is 3.27. The summed E-state index contributed by atoms with van der Waals surface area (Å²) in [6, 6.07) is 13.4. The van der Waals surface area contributed by atoms with Crippen LogP contribution in [0.2, 0.25) is 0 Å². The van der Waals surface area contributed by atoms with Gasteiger partial charge in [-0.2, -0.15) is 4.31 Å². The second-order valence-corrected chi connectivity index (χ2v) is 10.6. The standard InChI is InChI=1S/C22H26N2O3S2/c1-17-6-4-8-19(14-17)28-16-22(25)24-13-5-7-18-15-20(9-10-21(18)24)29(26,27)23-11-2-3-12-23/h4,6,8-10,14-15H,2-3,5,7,11-13,16H2,1H3. The van der Waals surface area contributed by atoms with Crippen molar-refractivity contribution in [2.45, 2.75) is 42.4 Å². The minimum Gasteiger partial charge on any atom is -0.311 e. The quantitative estimate of drug-likeness (QED) is 0.676. The van der Waals surface area contributed by atoms with E-state index in [2.05, 4.69) is 6.07 Å². The summed E-state index contributed by atoms with van der Waals surface area (Å²) < 4.78 is 27.3. The van der Waals surface area contributed by atoms with Crippen molar-refractivity contribution in [2.75, 3.05) is 30.3 Å². The number of carbonyl (C=O) groups excluding carboxylic acids is 1. The van der Waals surface area contributed by atoms with Crippen molar-refractivity contribution in [1.29, 1.82) is 0 Å². The zero-order valence-corrected chi connectivity index (χ0v) is 18.3. The first-order valence-electron chi connectivity index (χ1n) is 10.1. The molecule has 0 radical (unpaired) electrons. The summed E-state index contributed by atoms with van der Waals surface area (Å²) in [4.78, 5) is 16.1. The highest BCUT2D eigenvalue weighted by molar-refractivity contribution is 8.00. The van der Waals surface area contributed by atoms with Gasteiger partial charge in [-0.1, -0.05) is 17.7 Å². The molecule has 0 N–H and O–H groups in total. The van der Waals surface area contributed by atoms with Gasteiger partial charge >= 0.3 is 0 Å². The largest absolute Gasteiger partial charge is 0.311 e. The van der Waals surface area contributed by atoms with Gasteiger partial charge in [0.05, 0.1) is 10.6 Å². The maximum atomic E-state index is 12.9. The molecule has 29 heavy (non-hydrogen) atoms. The van der Waals surface area contributed by atoms with Gasteiger partial charge in [0.1, 0.15) is 0 Å². The molecule has 2 aromatic carbocycles. The molecular formula is C22H26N2O3S2. The van der Waals surface area contributed by atoms with Gasteiger partial charge < -0.3 is 4.90 Å². The van der Waals surface area contributed by atoms with E-state index in [-0.39, 0.29) is 5.91 Å². The van der Waals surface area contributed by atoms with Crippen LogP contribution in [0.25, 0.3) is 0 Å². The maximum Gasteiger partial charge on any atom is 0.243 e. The van der Waals surface area contributed by atoms with Crippen LogP contribution < -0.4 is 4.90 Å². The first-order chi connectivity index (χ1) is 13.9. The Kier molecular flexibility index (Phi) is 5.99. The Morgan fingerprint density at radius 3 is 2.59 bits per heavy atom. The number of benzene rings is 2. The Balaban J connectivity index is 1.51. The third-order valence-electron chi connectivity index (χ3n) is 5.53. The van der Waals surface area contributed by atoms with E-state index >= 15 is 0 Å². The number of fused-ring (bicyclic) bond motifs is 1. The molecule has 0 spiro atoms. The minimum absolute atomic E-state index is 0.0626. The SMILES string of the molecule is Cc1cccc(SCC(=O)N2CCCc3cc(S(=O)(=O)N4CCCC4)ccc32)c1. The van der Waals surface area contributed by atoms with E-state index in [4.69, 9.17) is 0 Å². The molecule has 7 heteroatoms. The van der Waals surface area contributed by atoms with E-state index in [0.717, 1.165) is 41.8 Å². The average molecular weight is 431 g/mol. The molecule has 0 bridgehead atoms. The molecule has 154 valence electrons. The molecule has 4 rings (SSSR count). The van der Waals surface area contributed by atoms with Crippen LogP contribution in [0.3, 0.4) is 0 Å². The fourth-order valence-corrected chi connectivity index (χ4v) is 6.46. The van der Waals surface area contributed by atoms with E-state index in [9.17, 15) is 13.2 Å². The monoisotopic (exact) mass is 430 g/mol. The topological polar surface area (TPSA) is 57.7 Å². The summed E-state index contributed by atoms with van der Waals surface area (Å²) >= 11 is 1.54. The first-order valence-corrected chi connectivity index (χ1v) is 12.5. The van der Waals surface area contributed by atoms with E-state index < -0.39 is 10.0 Å². The molecule has 1 amide bonds. The summed E-state index contributed by atoms with van der Waals surface area (Å²) in [5, 5.41) is 0. The highest BCUT2D eigenvalue weighted by Crippen LogP contribution is 2.32. The normalized spacial score (nSPS) is 17.3.